The molecule has 1 amide bonds. The highest BCUT2D eigenvalue weighted by Crippen LogP contribution is 2.44. The van der Waals surface area contributed by atoms with Gasteiger partial charge >= 0.3 is 12.1 Å². The van der Waals surface area contributed by atoms with Crippen LogP contribution in [0.2, 0.25) is 0 Å². The van der Waals surface area contributed by atoms with Crippen molar-refractivity contribution in [1.29, 1.82) is 0 Å². The molecule has 0 saturated carbocycles. The first-order chi connectivity index (χ1) is 14.0. The van der Waals surface area contributed by atoms with E-state index in [1.165, 1.54) is 11.8 Å². The molecule has 5 nitrogen and oxygen atoms in total. The van der Waals surface area contributed by atoms with E-state index in [4.69, 9.17) is 4.74 Å². The number of alkyl carbamates (subject to hydrolysis) is 1. The van der Waals surface area contributed by atoms with Gasteiger partial charge in [-0.25, -0.2) is 9.59 Å². The molecule has 2 aromatic carbocycles. The minimum Gasteiger partial charge on any atom is -0.480 e. The highest BCUT2D eigenvalue weighted by atomic mass is 32.2. The maximum atomic E-state index is 12.3. The second-order valence-corrected chi connectivity index (χ2v) is 8.49. The van der Waals surface area contributed by atoms with Crippen LogP contribution in [0.1, 0.15) is 37.3 Å². The van der Waals surface area contributed by atoms with Crippen molar-refractivity contribution in [3.05, 3.63) is 59.7 Å². The number of hydrogen-bond donors (Lipinski definition) is 2. The van der Waals surface area contributed by atoms with E-state index >= 15 is 0 Å². The summed E-state index contributed by atoms with van der Waals surface area (Å²) in [6, 6.07) is 15.2. The highest BCUT2D eigenvalue weighted by Gasteiger charge is 2.29. The number of ether oxygens (including phenoxy) is 1. The van der Waals surface area contributed by atoms with E-state index in [0.717, 1.165) is 34.4 Å². The fraction of sp³-hybridized carbons (Fsp3) is 0.391. The second kappa shape index (κ2) is 9.83. The number of hydrogen-bond acceptors (Lipinski definition) is 4. The molecule has 0 spiro atoms. The molecule has 0 unspecified atom stereocenters. The Balaban J connectivity index is 1.59. The van der Waals surface area contributed by atoms with Crippen molar-refractivity contribution in [2.45, 2.75) is 32.2 Å². The van der Waals surface area contributed by atoms with Gasteiger partial charge in [-0.15, -0.1) is 0 Å². The molecular formula is C23H27NO4S. The lowest BCUT2D eigenvalue weighted by Gasteiger charge is -2.18. The summed E-state index contributed by atoms with van der Waals surface area (Å²) in [5.74, 6) is 0.617. The molecule has 6 heteroatoms. The van der Waals surface area contributed by atoms with Crippen molar-refractivity contribution in [3.8, 4) is 11.1 Å². The van der Waals surface area contributed by atoms with Crippen molar-refractivity contribution >= 4 is 23.8 Å². The van der Waals surface area contributed by atoms with Gasteiger partial charge in [0, 0.05) is 11.7 Å². The molecule has 0 aromatic heterocycles. The summed E-state index contributed by atoms with van der Waals surface area (Å²) in [4.78, 5) is 23.8. The average Bonchev–Trinajstić information content (AvgIpc) is 3.05. The van der Waals surface area contributed by atoms with Crippen LogP contribution in [0, 0.1) is 5.92 Å². The molecule has 0 radical (unpaired) electrons. The SMILES string of the molecule is CC[C@@H](C)CSC[C@H](NC(=O)OCC1c2ccccc2-c2ccccc21)C(=O)O. The number of amides is 1. The molecule has 2 N–H and O–H groups in total. The van der Waals surface area contributed by atoms with Gasteiger partial charge < -0.3 is 15.2 Å². The standard InChI is InChI=1S/C23H27NO4S/c1-3-15(2)13-29-14-21(22(25)26)24-23(27)28-12-20-18-10-6-4-8-16(18)17-9-5-7-11-19(17)20/h4-11,15,20-21H,3,12-14H2,1-2H3,(H,24,27)(H,25,26)/t15-,21+/m1/s1. The summed E-state index contributed by atoms with van der Waals surface area (Å²) >= 11 is 1.54. The molecule has 0 fully saturated rings. The fourth-order valence-corrected chi connectivity index (χ4v) is 4.70. The Kier molecular flexibility index (Phi) is 7.20. The largest absolute Gasteiger partial charge is 0.480 e. The topological polar surface area (TPSA) is 75.6 Å². The van der Waals surface area contributed by atoms with Crippen molar-refractivity contribution < 1.29 is 19.4 Å². The Hall–Kier alpha value is -2.47. The Morgan fingerprint density at radius 3 is 2.21 bits per heavy atom. The van der Waals surface area contributed by atoms with Crippen LogP contribution >= 0.6 is 11.8 Å². The molecule has 0 saturated heterocycles. The van der Waals surface area contributed by atoms with Crippen LogP contribution in [-0.2, 0) is 9.53 Å². The third-order valence-corrected chi connectivity index (χ3v) is 6.69. The molecule has 0 aliphatic heterocycles. The predicted octanol–water partition coefficient (Wildman–Crippen LogP) is 4.76. The van der Waals surface area contributed by atoms with Crippen LogP contribution in [0.5, 0.6) is 0 Å². The molecule has 1 aliphatic carbocycles. The minimum atomic E-state index is -1.05. The normalized spacial score (nSPS) is 14.6. The summed E-state index contributed by atoms with van der Waals surface area (Å²) in [6.45, 7) is 4.41. The first-order valence-electron chi connectivity index (χ1n) is 9.93. The molecule has 3 rings (SSSR count). The highest BCUT2D eigenvalue weighted by molar-refractivity contribution is 7.99. The number of fused-ring (bicyclic) bond motifs is 3. The third kappa shape index (κ3) is 5.12. The zero-order valence-electron chi connectivity index (χ0n) is 16.8. The zero-order chi connectivity index (χ0) is 20.8. The fourth-order valence-electron chi connectivity index (χ4n) is 3.46. The number of benzene rings is 2. The maximum absolute atomic E-state index is 12.3. The van der Waals surface area contributed by atoms with Crippen LogP contribution in [0.4, 0.5) is 4.79 Å². The van der Waals surface area contributed by atoms with Crippen molar-refractivity contribution in [2.24, 2.45) is 5.92 Å². The number of carbonyl (C=O) groups is 2. The minimum absolute atomic E-state index is 0.0452. The molecule has 29 heavy (non-hydrogen) atoms. The van der Waals surface area contributed by atoms with E-state index < -0.39 is 18.1 Å². The molecule has 0 heterocycles. The monoisotopic (exact) mass is 413 g/mol. The van der Waals surface area contributed by atoms with E-state index in [-0.39, 0.29) is 12.5 Å². The Morgan fingerprint density at radius 1 is 1.07 bits per heavy atom. The lowest BCUT2D eigenvalue weighted by Crippen LogP contribution is -2.43. The van der Waals surface area contributed by atoms with Gasteiger partial charge in [-0.1, -0.05) is 68.8 Å². The molecule has 1 aliphatic rings. The van der Waals surface area contributed by atoms with E-state index in [2.05, 4.69) is 31.3 Å². The molecule has 0 bridgehead atoms. The Morgan fingerprint density at radius 2 is 1.66 bits per heavy atom. The number of nitrogens with one attached hydrogen (secondary N) is 1. The van der Waals surface area contributed by atoms with Crippen molar-refractivity contribution in [1.82, 2.24) is 5.32 Å². The molecule has 2 aromatic rings. The Labute approximate surface area is 175 Å². The van der Waals surface area contributed by atoms with E-state index in [9.17, 15) is 14.7 Å². The zero-order valence-corrected chi connectivity index (χ0v) is 17.6. The van der Waals surface area contributed by atoms with Crippen LogP contribution in [0.15, 0.2) is 48.5 Å². The number of rotatable bonds is 9. The van der Waals surface area contributed by atoms with E-state index in [0.29, 0.717) is 11.7 Å². The van der Waals surface area contributed by atoms with E-state index in [1.807, 2.05) is 36.4 Å². The Bertz CT molecular complexity index is 824. The number of carboxylic acid groups (broad SMARTS) is 1. The van der Waals surface area contributed by atoms with Crippen LogP contribution in [0.25, 0.3) is 11.1 Å². The number of carbonyl (C=O) groups excluding carboxylic acids is 1. The maximum Gasteiger partial charge on any atom is 0.407 e. The number of carboxylic acids is 1. The van der Waals surface area contributed by atoms with Gasteiger partial charge in [0.1, 0.15) is 12.6 Å². The predicted molar refractivity (Wildman–Crippen MR) is 116 cm³/mol. The van der Waals surface area contributed by atoms with Crippen LogP contribution < -0.4 is 5.32 Å². The summed E-state index contributed by atoms with van der Waals surface area (Å²) in [5, 5.41) is 11.9. The van der Waals surface area contributed by atoms with Gasteiger partial charge in [-0.05, 0) is 33.9 Å². The summed E-state index contributed by atoms with van der Waals surface area (Å²) < 4.78 is 5.45. The lowest BCUT2D eigenvalue weighted by molar-refractivity contribution is -0.138. The summed E-state index contributed by atoms with van der Waals surface area (Å²) in [7, 11) is 0. The molecule has 154 valence electrons. The smallest absolute Gasteiger partial charge is 0.407 e. The molecule has 2 atom stereocenters. The van der Waals surface area contributed by atoms with Gasteiger partial charge in [-0.3, -0.25) is 0 Å². The molecular weight excluding hydrogens is 386 g/mol. The quantitative estimate of drug-likeness (QED) is 0.620. The number of thioether (sulfide) groups is 1. The first kappa shape index (κ1) is 21.2. The summed E-state index contributed by atoms with van der Waals surface area (Å²) in [5.41, 5.74) is 4.56. The van der Waals surface area contributed by atoms with Gasteiger partial charge in [0.25, 0.3) is 0 Å². The van der Waals surface area contributed by atoms with Gasteiger partial charge in [0.15, 0.2) is 0 Å². The number of aliphatic carboxylic acids is 1. The van der Waals surface area contributed by atoms with Gasteiger partial charge in [0.05, 0.1) is 0 Å². The van der Waals surface area contributed by atoms with Gasteiger partial charge in [0.2, 0.25) is 0 Å². The summed E-state index contributed by atoms with van der Waals surface area (Å²) in [6.07, 6.45) is 0.355. The van der Waals surface area contributed by atoms with Gasteiger partial charge in [-0.2, -0.15) is 11.8 Å². The third-order valence-electron chi connectivity index (χ3n) is 5.32. The van der Waals surface area contributed by atoms with E-state index in [1.54, 1.807) is 0 Å². The first-order valence-corrected chi connectivity index (χ1v) is 11.1. The van der Waals surface area contributed by atoms with Crippen LogP contribution in [0.3, 0.4) is 0 Å². The van der Waals surface area contributed by atoms with Crippen molar-refractivity contribution in [3.63, 3.8) is 0 Å². The second-order valence-electron chi connectivity index (χ2n) is 7.41. The van der Waals surface area contributed by atoms with Crippen molar-refractivity contribution in [2.75, 3.05) is 18.1 Å². The average molecular weight is 414 g/mol. The van der Waals surface area contributed by atoms with Crippen LogP contribution in [-0.4, -0.2) is 41.3 Å². The lowest BCUT2D eigenvalue weighted by atomic mass is 9.98.